The number of fused-ring (bicyclic) bond motifs is 1. The average molecular weight is 447 g/mol. The summed E-state index contributed by atoms with van der Waals surface area (Å²) in [5, 5.41) is 5.71. The van der Waals surface area contributed by atoms with Crippen molar-refractivity contribution in [1.29, 1.82) is 0 Å². The summed E-state index contributed by atoms with van der Waals surface area (Å²) in [5.41, 5.74) is 3.79. The third-order valence-corrected chi connectivity index (χ3v) is 5.32. The van der Waals surface area contributed by atoms with E-state index < -0.39 is 0 Å². The molecular weight excluding hydrogens is 420 g/mol. The summed E-state index contributed by atoms with van der Waals surface area (Å²) in [6, 6.07) is 18.4. The zero-order valence-corrected chi connectivity index (χ0v) is 18.6. The van der Waals surface area contributed by atoms with E-state index in [1.807, 2.05) is 50.2 Å². The van der Waals surface area contributed by atoms with Crippen LogP contribution >= 0.6 is 0 Å². The Labute approximate surface area is 192 Å². The lowest BCUT2D eigenvalue weighted by atomic mass is 10.1. The minimum atomic E-state index is -0.282. The molecule has 1 heterocycles. The van der Waals surface area contributed by atoms with Crippen molar-refractivity contribution in [3.8, 4) is 17.2 Å². The van der Waals surface area contributed by atoms with Gasteiger partial charge in [0.2, 0.25) is 12.7 Å². The summed E-state index contributed by atoms with van der Waals surface area (Å²) in [6.45, 7) is 4.72. The minimum Gasteiger partial charge on any atom is -0.493 e. The van der Waals surface area contributed by atoms with Crippen LogP contribution in [-0.4, -0.2) is 25.2 Å². The number of benzene rings is 3. The molecule has 0 fully saturated rings. The molecule has 0 saturated heterocycles. The Bertz CT molecular complexity index is 1150. The first-order valence-electron chi connectivity index (χ1n) is 10.8. The van der Waals surface area contributed by atoms with Gasteiger partial charge in [0.25, 0.3) is 5.91 Å². The fraction of sp³-hybridized carbons (Fsp3) is 0.231. The van der Waals surface area contributed by atoms with Gasteiger partial charge in [-0.2, -0.15) is 0 Å². The zero-order chi connectivity index (χ0) is 23.2. The van der Waals surface area contributed by atoms with Crippen molar-refractivity contribution in [1.82, 2.24) is 5.32 Å². The number of aryl methyl sites for hydroxylation is 2. The van der Waals surface area contributed by atoms with Crippen molar-refractivity contribution < 1.29 is 23.8 Å². The number of rotatable bonds is 8. The fourth-order valence-electron chi connectivity index (χ4n) is 3.60. The monoisotopic (exact) mass is 446 g/mol. The number of carbonyl (C=O) groups is 2. The van der Waals surface area contributed by atoms with Gasteiger partial charge in [0.1, 0.15) is 5.75 Å². The van der Waals surface area contributed by atoms with Gasteiger partial charge in [0.05, 0.1) is 24.3 Å². The molecule has 7 nitrogen and oxygen atoms in total. The van der Waals surface area contributed by atoms with Crippen LogP contribution in [0.4, 0.5) is 5.69 Å². The molecule has 170 valence electrons. The number of amides is 2. The molecule has 3 aromatic rings. The predicted molar refractivity (Wildman–Crippen MR) is 125 cm³/mol. The van der Waals surface area contributed by atoms with Crippen LogP contribution in [-0.2, 0) is 11.3 Å². The summed E-state index contributed by atoms with van der Waals surface area (Å²) in [6.07, 6.45) is 0.168. The highest BCUT2D eigenvalue weighted by Crippen LogP contribution is 2.32. The molecule has 4 rings (SSSR count). The molecule has 0 aromatic heterocycles. The van der Waals surface area contributed by atoms with Gasteiger partial charge in [-0.05, 0) is 54.8 Å². The van der Waals surface area contributed by atoms with Gasteiger partial charge in [0.15, 0.2) is 11.5 Å². The van der Waals surface area contributed by atoms with Crippen LogP contribution in [0.2, 0.25) is 0 Å². The second-order valence-electron chi connectivity index (χ2n) is 7.78. The van der Waals surface area contributed by atoms with E-state index in [0.29, 0.717) is 29.3 Å². The summed E-state index contributed by atoms with van der Waals surface area (Å²) in [5.74, 6) is 1.65. The number of nitrogens with one attached hydrogen (secondary N) is 2. The molecule has 33 heavy (non-hydrogen) atoms. The van der Waals surface area contributed by atoms with Gasteiger partial charge >= 0.3 is 0 Å². The maximum absolute atomic E-state index is 12.8. The molecule has 0 atom stereocenters. The van der Waals surface area contributed by atoms with Gasteiger partial charge < -0.3 is 24.8 Å². The van der Waals surface area contributed by atoms with Crippen LogP contribution in [0.25, 0.3) is 0 Å². The van der Waals surface area contributed by atoms with E-state index in [9.17, 15) is 9.59 Å². The molecule has 1 aliphatic heterocycles. The molecule has 0 aliphatic carbocycles. The number of para-hydroxylation sites is 2. The van der Waals surface area contributed by atoms with Crippen LogP contribution in [0.5, 0.6) is 17.2 Å². The van der Waals surface area contributed by atoms with Crippen LogP contribution < -0.4 is 24.8 Å². The topological polar surface area (TPSA) is 85.9 Å². The maximum atomic E-state index is 12.8. The Morgan fingerprint density at radius 1 is 0.939 bits per heavy atom. The van der Waals surface area contributed by atoms with E-state index in [0.717, 1.165) is 22.4 Å². The molecule has 7 heteroatoms. The second kappa shape index (κ2) is 10.1. The summed E-state index contributed by atoms with van der Waals surface area (Å²) >= 11 is 0. The quantitative estimate of drug-likeness (QED) is 0.537. The van der Waals surface area contributed by atoms with Gasteiger partial charge in [-0.3, -0.25) is 9.59 Å². The third kappa shape index (κ3) is 5.44. The third-order valence-electron chi connectivity index (χ3n) is 5.32. The zero-order valence-electron chi connectivity index (χ0n) is 18.6. The van der Waals surface area contributed by atoms with Crippen molar-refractivity contribution >= 4 is 17.5 Å². The molecular formula is C26H26N2O5. The molecule has 1 aliphatic rings. The van der Waals surface area contributed by atoms with Gasteiger partial charge in [-0.1, -0.05) is 36.4 Å². The lowest BCUT2D eigenvalue weighted by molar-refractivity contribution is -0.116. The van der Waals surface area contributed by atoms with E-state index in [-0.39, 0.29) is 31.6 Å². The summed E-state index contributed by atoms with van der Waals surface area (Å²) in [7, 11) is 0. The van der Waals surface area contributed by atoms with Crippen LogP contribution in [0.1, 0.15) is 33.5 Å². The van der Waals surface area contributed by atoms with E-state index in [1.54, 1.807) is 24.3 Å². The Balaban J connectivity index is 1.32. The Morgan fingerprint density at radius 3 is 2.52 bits per heavy atom. The van der Waals surface area contributed by atoms with Gasteiger partial charge in [-0.15, -0.1) is 0 Å². The number of anilines is 1. The fourth-order valence-corrected chi connectivity index (χ4v) is 3.60. The molecule has 0 unspecified atom stereocenters. The lowest BCUT2D eigenvalue weighted by Gasteiger charge is -2.13. The standard InChI is InChI=1S/C26H26N2O5/c1-17-6-5-7-18(2)25(17)31-13-12-24(29)28-21-9-4-3-8-20(21)26(30)27-15-19-10-11-22-23(14-19)33-16-32-22/h3-11,14H,12-13,15-16H2,1-2H3,(H,27,30)(H,28,29). The molecule has 0 bridgehead atoms. The smallest absolute Gasteiger partial charge is 0.253 e. The number of hydrogen-bond donors (Lipinski definition) is 2. The first-order chi connectivity index (χ1) is 16.0. The minimum absolute atomic E-state index is 0.168. The average Bonchev–Trinajstić information content (AvgIpc) is 3.28. The highest BCUT2D eigenvalue weighted by Gasteiger charge is 2.16. The van der Waals surface area contributed by atoms with Gasteiger partial charge in [0, 0.05) is 6.54 Å². The highest BCUT2D eigenvalue weighted by atomic mass is 16.7. The van der Waals surface area contributed by atoms with E-state index in [1.165, 1.54) is 0 Å². The number of ether oxygens (including phenoxy) is 3. The summed E-state index contributed by atoms with van der Waals surface area (Å²) in [4.78, 5) is 25.3. The molecule has 2 N–H and O–H groups in total. The summed E-state index contributed by atoms with van der Waals surface area (Å²) < 4.78 is 16.5. The highest BCUT2D eigenvalue weighted by molar-refractivity contribution is 6.03. The van der Waals surface area contributed by atoms with Crippen LogP contribution in [0, 0.1) is 13.8 Å². The van der Waals surface area contributed by atoms with Crippen molar-refractivity contribution in [2.24, 2.45) is 0 Å². The van der Waals surface area contributed by atoms with Crippen LogP contribution in [0.3, 0.4) is 0 Å². The first-order valence-corrected chi connectivity index (χ1v) is 10.8. The van der Waals surface area contributed by atoms with Crippen molar-refractivity contribution in [3.63, 3.8) is 0 Å². The molecule has 3 aromatic carbocycles. The van der Waals surface area contributed by atoms with E-state index in [2.05, 4.69) is 10.6 Å². The van der Waals surface area contributed by atoms with Crippen LogP contribution in [0.15, 0.2) is 60.7 Å². The molecule has 0 saturated carbocycles. The molecule has 2 amide bonds. The lowest BCUT2D eigenvalue weighted by Crippen LogP contribution is -2.25. The number of hydrogen-bond acceptors (Lipinski definition) is 5. The van der Waals surface area contributed by atoms with Gasteiger partial charge in [-0.25, -0.2) is 0 Å². The van der Waals surface area contributed by atoms with Crippen molar-refractivity contribution in [2.75, 3.05) is 18.7 Å². The van der Waals surface area contributed by atoms with E-state index in [4.69, 9.17) is 14.2 Å². The predicted octanol–water partition coefficient (Wildman–Crippen LogP) is 4.37. The largest absolute Gasteiger partial charge is 0.493 e. The Hall–Kier alpha value is -4.00. The second-order valence-corrected chi connectivity index (χ2v) is 7.78. The Kier molecular flexibility index (Phi) is 6.78. The van der Waals surface area contributed by atoms with Crippen molar-refractivity contribution in [2.45, 2.75) is 26.8 Å². The Morgan fingerprint density at radius 2 is 1.70 bits per heavy atom. The number of carbonyl (C=O) groups excluding carboxylic acids is 2. The maximum Gasteiger partial charge on any atom is 0.253 e. The van der Waals surface area contributed by atoms with Crippen molar-refractivity contribution in [3.05, 3.63) is 82.9 Å². The molecule has 0 radical (unpaired) electrons. The first kappa shape index (κ1) is 22.2. The normalized spacial score (nSPS) is 11.7. The van der Waals surface area contributed by atoms with E-state index >= 15 is 0 Å². The molecule has 0 spiro atoms. The SMILES string of the molecule is Cc1cccc(C)c1OCCC(=O)Nc1ccccc1C(=O)NCc1ccc2c(c1)OCO2.